The van der Waals surface area contributed by atoms with Crippen molar-refractivity contribution in [3.63, 3.8) is 0 Å². The highest BCUT2D eigenvalue weighted by Crippen LogP contribution is 1.99. The lowest BCUT2D eigenvalue weighted by atomic mass is 10.1. The smallest absolute Gasteiger partial charge is 0.269 e. The summed E-state index contributed by atoms with van der Waals surface area (Å²) < 4.78 is 12.5. The lowest BCUT2D eigenvalue weighted by Gasteiger charge is -2.18. The number of carbonyl (C=O) groups excluding carboxylic acids is 1. The van der Waals surface area contributed by atoms with Crippen LogP contribution in [0.2, 0.25) is 0 Å². The third kappa shape index (κ3) is 4.03. The molecule has 5 heteroatoms. The Labute approximate surface area is 87.7 Å². The predicted molar refractivity (Wildman–Crippen MR) is 54.8 cm³/mol. The maximum atomic E-state index is 12.5. The number of nitrogens with zero attached hydrogens (tertiary/aromatic N) is 1. The molecule has 1 rings (SSSR count). The molecule has 0 saturated carbocycles. The summed E-state index contributed by atoms with van der Waals surface area (Å²) in [6, 6.07) is 2.52. The zero-order valence-corrected chi connectivity index (χ0v) is 8.75. The van der Waals surface area contributed by atoms with E-state index in [9.17, 15) is 9.18 Å². The van der Waals surface area contributed by atoms with Crippen molar-refractivity contribution < 1.29 is 9.18 Å². The van der Waals surface area contributed by atoms with Crippen LogP contribution in [0.3, 0.4) is 0 Å². The van der Waals surface area contributed by atoms with Crippen molar-refractivity contribution in [1.29, 1.82) is 0 Å². The van der Waals surface area contributed by atoms with Gasteiger partial charge in [0.2, 0.25) is 0 Å². The Morgan fingerprint density at radius 1 is 1.60 bits per heavy atom. The van der Waals surface area contributed by atoms with Gasteiger partial charge < -0.3 is 11.1 Å². The molecule has 0 spiro atoms. The number of nitrogens with two attached hydrogens (primary N) is 1. The molecular weight excluding hydrogens is 197 g/mol. The van der Waals surface area contributed by atoms with E-state index in [0.717, 1.165) is 6.20 Å². The summed E-state index contributed by atoms with van der Waals surface area (Å²) in [5, 5.41) is 2.61. The first-order chi connectivity index (χ1) is 6.88. The number of amides is 1. The second kappa shape index (κ2) is 4.35. The molecule has 1 aromatic heterocycles. The van der Waals surface area contributed by atoms with Crippen molar-refractivity contribution in [2.75, 3.05) is 6.54 Å². The van der Waals surface area contributed by atoms with E-state index in [1.54, 1.807) is 13.8 Å². The van der Waals surface area contributed by atoms with E-state index in [0.29, 0.717) is 6.54 Å². The topological polar surface area (TPSA) is 68.0 Å². The minimum Gasteiger partial charge on any atom is -0.349 e. The Morgan fingerprint density at radius 3 is 2.73 bits per heavy atom. The van der Waals surface area contributed by atoms with E-state index >= 15 is 0 Å². The number of hydrogen-bond acceptors (Lipinski definition) is 3. The summed E-state index contributed by atoms with van der Waals surface area (Å²) in [5.74, 6) is -0.820. The fourth-order valence-electron chi connectivity index (χ4n) is 0.909. The number of aromatic nitrogens is 1. The zero-order chi connectivity index (χ0) is 11.5. The van der Waals surface area contributed by atoms with Crippen LogP contribution in [0.4, 0.5) is 4.39 Å². The quantitative estimate of drug-likeness (QED) is 0.772. The Morgan fingerprint density at radius 2 is 2.27 bits per heavy atom. The van der Waals surface area contributed by atoms with Gasteiger partial charge in [-0.2, -0.15) is 0 Å². The first-order valence-electron chi connectivity index (χ1n) is 4.57. The number of pyridine rings is 1. The van der Waals surface area contributed by atoms with E-state index in [2.05, 4.69) is 10.3 Å². The number of carbonyl (C=O) groups is 1. The third-order valence-electron chi connectivity index (χ3n) is 1.66. The molecule has 0 unspecified atom stereocenters. The van der Waals surface area contributed by atoms with Crippen LogP contribution in [0.15, 0.2) is 18.3 Å². The molecule has 0 aliphatic heterocycles. The van der Waals surface area contributed by atoms with Crippen molar-refractivity contribution in [3.05, 3.63) is 29.8 Å². The van der Waals surface area contributed by atoms with Gasteiger partial charge in [-0.1, -0.05) is 0 Å². The fraction of sp³-hybridized carbons (Fsp3) is 0.400. The first kappa shape index (κ1) is 11.6. The molecule has 0 bridgehead atoms. The second-order valence-corrected chi connectivity index (χ2v) is 4.03. The molecular formula is C10H14FN3O. The molecule has 0 saturated heterocycles. The maximum Gasteiger partial charge on any atom is 0.269 e. The van der Waals surface area contributed by atoms with E-state index in [4.69, 9.17) is 5.73 Å². The molecule has 0 radical (unpaired) electrons. The van der Waals surface area contributed by atoms with Gasteiger partial charge >= 0.3 is 0 Å². The average molecular weight is 211 g/mol. The van der Waals surface area contributed by atoms with Gasteiger partial charge in [0.25, 0.3) is 5.91 Å². The minimum atomic E-state index is -0.476. The van der Waals surface area contributed by atoms with Gasteiger partial charge in [-0.05, 0) is 26.0 Å². The SMILES string of the molecule is CC(C)(N)CNC(=O)c1ccc(F)cn1. The largest absolute Gasteiger partial charge is 0.349 e. The number of nitrogens with one attached hydrogen (secondary N) is 1. The van der Waals surface area contributed by atoms with Crippen LogP contribution in [0, 0.1) is 5.82 Å². The lowest BCUT2D eigenvalue weighted by molar-refractivity contribution is 0.0941. The maximum absolute atomic E-state index is 12.5. The normalized spacial score (nSPS) is 11.2. The summed E-state index contributed by atoms with van der Waals surface area (Å²) in [6.07, 6.45) is 1.00. The predicted octanol–water partition coefficient (Wildman–Crippen LogP) is 0.688. The molecule has 0 aromatic carbocycles. The molecule has 1 heterocycles. The van der Waals surface area contributed by atoms with Gasteiger partial charge in [0, 0.05) is 12.1 Å². The minimum absolute atomic E-state index is 0.181. The molecule has 0 aliphatic carbocycles. The van der Waals surface area contributed by atoms with E-state index < -0.39 is 11.4 Å². The van der Waals surface area contributed by atoms with Crippen LogP contribution >= 0.6 is 0 Å². The van der Waals surface area contributed by atoms with Crippen molar-refractivity contribution in [2.45, 2.75) is 19.4 Å². The van der Waals surface area contributed by atoms with E-state index in [1.165, 1.54) is 12.1 Å². The Balaban J connectivity index is 2.58. The molecule has 0 aliphatic rings. The summed E-state index contributed by atoms with van der Waals surface area (Å²) in [5.41, 5.74) is 5.40. The summed E-state index contributed by atoms with van der Waals surface area (Å²) in [4.78, 5) is 15.1. The van der Waals surface area contributed by atoms with Crippen LogP contribution < -0.4 is 11.1 Å². The van der Waals surface area contributed by atoms with Gasteiger partial charge in [0.05, 0.1) is 6.20 Å². The zero-order valence-electron chi connectivity index (χ0n) is 8.75. The Bertz CT molecular complexity index is 343. The number of hydrogen-bond donors (Lipinski definition) is 2. The van der Waals surface area contributed by atoms with Crippen LogP contribution in [0.1, 0.15) is 24.3 Å². The van der Waals surface area contributed by atoms with E-state index in [1.807, 2.05) is 0 Å². The summed E-state index contributed by atoms with van der Waals surface area (Å²) in [6.45, 7) is 3.93. The standard InChI is InChI=1S/C10H14FN3O/c1-10(2,12)6-14-9(15)8-4-3-7(11)5-13-8/h3-5H,6,12H2,1-2H3,(H,14,15). The number of halogens is 1. The van der Waals surface area contributed by atoms with Crippen LogP contribution in [0.5, 0.6) is 0 Å². The van der Waals surface area contributed by atoms with Gasteiger partial charge in [0.1, 0.15) is 11.5 Å². The molecule has 1 aromatic rings. The number of rotatable bonds is 3. The molecule has 82 valence electrons. The summed E-state index contributed by atoms with van der Waals surface area (Å²) in [7, 11) is 0. The van der Waals surface area contributed by atoms with Crippen molar-refractivity contribution in [3.8, 4) is 0 Å². The Kier molecular flexibility index (Phi) is 3.36. The summed E-state index contributed by atoms with van der Waals surface area (Å²) >= 11 is 0. The molecule has 0 atom stereocenters. The van der Waals surface area contributed by atoms with E-state index in [-0.39, 0.29) is 11.6 Å². The van der Waals surface area contributed by atoms with Gasteiger partial charge in [-0.3, -0.25) is 4.79 Å². The highest BCUT2D eigenvalue weighted by atomic mass is 19.1. The molecule has 0 fully saturated rings. The second-order valence-electron chi connectivity index (χ2n) is 4.03. The monoisotopic (exact) mass is 211 g/mol. The highest BCUT2D eigenvalue weighted by Gasteiger charge is 2.13. The molecule has 4 nitrogen and oxygen atoms in total. The van der Waals surface area contributed by atoms with Crippen LogP contribution in [-0.4, -0.2) is 23.0 Å². The highest BCUT2D eigenvalue weighted by molar-refractivity contribution is 5.92. The average Bonchev–Trinajstić information content (AvgIpc) is 2.14. The van der Waals surface area contributed by atoms with Gasteiger partial charge in [-0.25, -0.2) is 9.37 Å². The van der Waals surface area contributed by atoms with Crippen molar-refractivity contribution >= 4 is 5.91 Å². The van der Waals surface area contributed by atoms with Gasteiger partial charge in [0.15, 0.2) is 0 Å². The van der Waals surface area contributed by atoms with Crippen LogP contribution in [-0.2, 0) is 0 Å². The van der Waals surface area contributed by atoms with Crippen LogP contribution in [0.25, 0.3) is 0 Å². The molecule has 15 heavy (non-hydrogen) atoms. The molecule has 1 amide bonds. The van der Waals surface area contributed by atoms with Gasteiger partial charge in [-0.15, -0.1) is 0 Å². The molecule has 3 N–H and O–H groups in total. The Hall–Kier alpha value is -1.49. The van der Waals surface area contributed by atoms with Crippen molar-refractivity contribution in [1.82, 2.24) is 10.3 Å². The fourth-order valence-corrected chi connectivity index (χ4v) is 0.909. The first-order valence-corrected chi connectivity index (χ1v) is 4.57. The van der Waals surface area contributed by atoms with Crippen molar-refractivity contribution in [2.24, 2.45) is 5.73 Å². The third-order valence-corrected chi connectivity index (χ3v) is 1.66. The lowest BCUT2D eigenvalue weighted by Crippen LogP contribution is -2.45.